The molecule has 0 fully saturated rings. The summed E-state index contributed by atoms with van der Waals surface area (Å²) in [6.07, 6.45) is 1.84. The largest absolute Gasteiger partial charge is 0.469 e. The predicted molar refractivity (Wildman–Crippen MR) is 84.1 cm³/mol. The molecule has 0 aromatic heterocycles. The molecule has 0 radical (unpaired) electrons. The van der Waals surface area contributed by atoms with Crippen molar-refractivity contribution in [3.63, 3.8) is 0 Å². The van der Waals surface area contributed by atoms with E-state index in [4.69, 9.17) is 9.29 Å². The molecule has 24 heavy (non-hydrogen) atoms. The van der Waals surface area contributed by atoms with Crippen molar-refractivity contribution in [2.45, 2.75) is 36.5 Å². The summed E-state index contributed by atoms with van der Waals surface area (Å²) < 4.78 is 41.2. The van der Waals surface area contributed by atoms with Crippen LogP contribution >= 0.6 is 0 Å². The lowest BCUT2D eigenvalue weighted by molar-refractivity contribution is -0.145. The van der Waals surface area contributed by atoms with Crippen LogP contribution in [0.1, 0.15) is 36.3 Å². The van der Waals surface area contributed by atoms with Crippen LogP contribution < -0.4 is 0 Å². The molecule has 1 N–H and O–H groups in total. The first-order chi connectivity index (χ1) is 11.3. The second-order valence-corrected chi connectivity index (χ2v) is 7.17. The molecule has 1 aromatic carbocycles. The molecule has 1 aromatic rings. The van der Waals surface area contributed by atoms with Gasteiger partial charge in [-0.25, -0.2) is 0 Å². The van der Waals surface area contributed by atoms with E-state index in [1.807, 2.05) is 0 Å². The minimum absolute atomic E-state index is 0.0966. The Morgan fingerprint density at radius 3 is 2.54 bits per heavy atom. The van der Waals surface area contributed by atoms with Crippen LogP contribution in [0.5, 0.6) is 0 Å². The SMILES string of the molecule is COC(=O)CCC1CCc2cc(S(=O)(=O)O)ccc2C1C(=O)OC. The number of carbonyl (C=O) groups excluding carboxylic acids is 2. The Morgan fingerprint density at radius 1 is 1.25 bits per heavy atom. The summed E-state index contributed by atoms with van der Waals surface area (Å²) in [5.74, 6) is -1.43. The van der Waals surface area contributed by atoms with E-state index in [2.05, 4.69) is 4.74 Å². The van der Waals surface area contributed by atoms with Crippen molar-refractivity contribution in [3.8, 4) is 0 Å². The van der Waals surface area contributed by atoms with Gasteiger partial charge in [0.1, 0.15) is 0 Å². The number of esters is 2. The Labute approximate surface area is 140 Å². The Bertz CT molecular complexity index is 739. The van der Waals surface area contributed by atoms with Crippen molar-refractivity contribution in [1.29, 1.82) is 0 Å². The van der Waals surface area contributed by atoms with Crippen molar-refractivity contribution in [1.82, 2.24) is 0 Å². The molecular formula is C16H20O7S. The maximum atomic E-state index is 12.2. The minimum Gasteiger partial charge on any atom is -0.469 e. The fourth-order valence-corrected chi connectivity index (χ4v) is 3.72. The van der Waals surface area contributed by atoms with Gasteiger partial charge in [0.25, 0.3) is 10.1 Å². The predicted octanol–water partition coefficient (Wildman–Crippen LogP) is 1.71. The zero-order valence-electron chi connectivity index (χ0n) is 13.5. The van der Waals surface area contributed by atoms with Gasteiger partial charge >= 0.3 is 11.9 Å². The lowest BCUT2D eigenvalue weighted by Crippen LogP contribution is -2.29. The summed E-state index contributed by atoms with van der Waals surface area (Å²) in [4.78, 5) is 23.4. The first-order valence-corrected chi connectivity index (χ1v) is 8.97. The molecule has 2 atom stereocenters. The molecule has 0 saturated heterocycles. The number of hydrogen-bond acceptors (Lipinski definition) is 6. The van der Waals surface area contributed by atoms with E-state index in [-0.39, 0.29) is 23.2 Å². The Hall–Kier alpha value is -1.93. The highest BCUT2D eigenvalue weighted by atomic mass is 32.2. The van der Waals surface area contributed by atoms with E-state index in [0.29, 0.717) is 30.4 Å². The molecule has 1 aliphatic rings. The average molecular weight is 356 g/mol. The third-order valence-corrected chi connectivity index (χ3v) is 5.25. The summed E-state index contributed by atoms with van der Waals surface area (Å²) in [6, 6.07) is 4.19. The highest BCUT2D eigenvalue weighted by Gasteiger charge is 2.36. The zero-order valence-corrected chi connectivity index (χ0v) is 14.3. The van der Waals surface area contributed by atoms with Gasteiger partial charge in [0.05, 0.1) is 25.0 Å². The number of methoxy groups -OCH3 is 2. The van der Waals surface area contributed by atoms with Crippen LogP contribution in [0.3, 0.4) is 0 Å². The number of benzene rings is 1. The van der Waals surface area contributed by atoms with E-state index >= 15 is 0 Å². The first kappa shape index (κ1) is 18.4. The molecule has 0 spiro atoms. The smallest absolute Gasteiger partial charge is 0.313 e. The summed E-state index contributed by atoms with van der Waals surface area (Å²) in [6.45, 7) is 0. The van der Waals surface area contributed by atoms with Gasteiger partial charge in [0, 0.05) is 6.42 Å². The molecule has 0 heterocycles. The van der Waals surface area contributed by atoms with Crippen LogP contribution in [-0.4, -0.2) is 39.1 Å². The zero-order chi connectivity index (χ0) is 17.9. The van der Waals surface area contributed by atoms with Gasteiger partial charge in [0.2, 0.25) is 0 Å². The molecule has 0 aliphatic heterocycles. The third-order valence-electron chi connectivity index (χ3n) is 4.41. The summed E-state index contributed by atoms with van der Waals surface area (Å²) >= 11 is 0. The maximum Gasteiger partial charge on any atom is 0.313 e. The van der Waals surface area contributed by atoms with Crippen molar-refractivity contribution >= 4 is 22.1 Å². The Balaban J connectivity index is 2.35. The van der Waals surface area contributed by atoms with Gasteiger partial charge in [-0.1, -0.05) is 6.07 Å². The normalized spacial score (nSPS) is 20.1. The molecule has 1 aliphatic carbocycles. The number of carbonyl (C=O) groups is 2. The van der Waals surface area contributed by atoms with Crippen LogP contribution in [0.25, 0.3) is 0 Å². The van der Waals surface area contributed by atoms with Crippen molar-refractivity contribution < 1.29 is 32.0 Å². The second-order valence-electron chi connectivity index (χ2n) is 5.75. The van der Waals surface area contributed by atoms with Gasteiger partial charge < -0.3 is 9.47 Å². The van der Waals surface area contributed by atoms with Crippen LogP contribution in [-0.2, 0) is 35.6 Å². The van der Waals surface area contributed by atoms with E-state index < -0.39 is 22.0 Å². The molecule has 2 rings (SSSR count). The van der Waals surface area contributed by atoms with Gasteiger partial charge in [-0.3, -0.25) is 14.1 Å². The van der Waals surface area contributed by atoms with Gasteiger partial charge in [-0.05, 0) is 48.4 Å². The van der Waals surface area contributed by atoms with Gasteiger partial charge in [-0.2, -0.15) is 8.42 Å². The second kappa shape index (κ2) is 7.31. The molecular weight excluding hydrogens is 336 g/mol. The molecule has 2 unspecified atom stereocenters. The van der Waals surface area contributed by atoms with Crippen LogP contribution in [0, 0.1) is 5.92 Å². The number of fused-ring (bicyclic) bond motifs is 1. The molecule has 0 saturated carbocycles. The van der Waals surface area contributed by atoms with Crippen LogP contribution in [0.4, 0.5) is 0 Å². The lowest BCUT2D eigenvalue weighted by Gasteiger charge is -2.32. The molecule has 0 bridgehead atoms. The van der Waals surface area contributed by atoms with Crippen molar-refractivity contribution in [2.75, 3.05) is 14.2 Å². The summed E-state index contributed by atoms with van der Waals surface area (Å²) in [7, 11) is -1.69. The van der Waals surface area contributed by atoms with Gasteiger partial charge in [-0.15, -0.1) is 0 Å². The monoisotopic (exact) mass is 356 g/mol. The van der Waals surface area contributed by atoms with Crippen LogP contribution in [0.2, 0.25) is 0 Å². The standard InChI is InChI=1S/C16H20O7S/c1-22-14(17)8-5-10-3-4-11-9-12(24(19,20)21)6-7-13(11)15(10)16(18)23-2/h6-7,9-10,15H,3-5,8H2,1-2H3,(H,19,20,21). The van der Waals surface area contributed by atoms with E-state index in [1.54, 1.807) is 0 Å². The molecule has 132 valence electrons. The number of hydrogen-bond donors (Lipinski definition) is 1. The molecule has 0 amide bonds. The van der Waals surface area contributed by atoms with E-state index in [9.17, 15) is 18.0 Å². The topological polar surface area (TPSA) is 107 Å². The first-order valence-electron chi connectivity index (χ1n) is 7.53. The highest BCUT2D eigenvalue weighted by Crippen LogP contribution is 2.40. The number of aryl methyl sites for hydroxylation is 1. The van der Waals surface area contributed by atoms with Crippen molar-refractivity contribution in [2.24, 2.45) is 5.92 Å². The fraction of sp³-hybridized carbons (Fsp3) is 0.500. The lowest BCUT2D eigenvalue weighted by atomic mass is 9.73. The maximum absolute atomic E-state index is 12.2. The molecule has 8 heteroatoms. The van der Waals surface area contributed by atoms with Crippen molar-refractivity contribution in [3.05, 3.63) is 29.3 Å². The quantitative estimate of drug-likeness (QED) is 0.632. The fourth-order valence-electron chi connectivity index (χ4n) is 3.19. The van der Waals surface area contributed by atoms with E-state index in [1.165, 1.54) is 32.4 Å². The van der Waals surface area contributed by atoms with Gasteiger partial charge in [0.15, 0.2) is 0 Å². The highest BCUT2D eigenvalue weighted by molar-refractivity contribution is 7.85. The Kier molecular flexibility index (Phi) is 5.61. The summed E-state index contributed by atoms with van der Waals surface area (Å²) in [5, 5.41) is 0. The third kappa shape index (κ3) is 3.93. The average Bonchev–Trinajstić information content (AvgIpc) is 2.56. The van der Waals surface area contributed by atoms with E-state index in [0.717, 1.165) is 0 Å². The molecule has 7 nitrogen and oxygen atoms in total. The summed E-state index contributed by atoms with van der Waals surface area (Å²) in [5.41, 5.74) is 1.37. The van der Waals surface area contributed by atoms with Crippen LogP contribution in [0.15, 0.2) is 23.1 Å². The Morgan fingerprint density at radius 2 is 1.96 bits per heavy atom. The number of ether oxygens (including phenoxy) is 2. The number of rotatable bonds is 5. The minimum atomic E-state index is -4.30.